The fraction of sp³-hybridized carbons (Fsp3) is 0.353. The highest BCUT2D eigenvalue weighted by molar-refractivity contribution is 6.02. The number of allylic oxidation sites excluding steroid dienone is 2. The quantitative estimate of drug-likeness (QED) is 0.706. The summed E-state index contributed by atoms with van der Waals surface area (Å²) in [5, 5.41) is 0. The second-order valence-corrected chi connectivity index (χ2v) is 5.90. The molecule has 98 valence electrons. The smallest absolute Gasteiger partial charge is 0.178 e. The number of benzene rings is 1. The number of fused-ring (bicyclic) bond motifs is 2. The molecule has 0 N–H and O–H groups in total. The van der Waals surface area contributed by atoms with Crippen LogP contribution in [0.2, 0.25) is 0 Å². The molecule has 1 spiro atoms. The topological polar surface area (TPSA) is 26.3 Å². The van der Waals surface area contributed by atoms with E-state index in [9.17, 15) is 4.79 Å². The predicted octanol–water partition coefficient (Wildman–Crippen LogP) is 3.62. The van der Waals surface area contributed by atoms with Crippen molar-refractivity contribution >= 4 is 5.78 Å². The zero-order valence-corrected chi connectivity index (χ0v) is 11.8. The van der Waals surface area contributed by atoms with Crippen LogP contribution in [0, 0.1) is 0 Å². The second kappa shape index (κ2) is 3.67. The molecule has 1 aliphatic heterocycles. The van der Waals surface area contributed by atoms with E-state index in [1.807, 2.05) is 26.0 Å². The van der Waals surface area contributed by atoms with Gasteiger partial charge in [0.15, 0.2) is 5.78 Å². The SMILES string of the molecule is CC1=CC(=O)C=C(C)C12OC(C)(C)c1ccccc12. The third-order valence-corrected chi connectivity index (χ3v) is 4.19. The predicted molar refractivity (Wildman–Crippen MR) is 74.8 cm³/mol. The van der Waals surface area contributed by atoms with Gasteiger partial charge in [-0.2, -0.15) is 0 Å². The molecular weight excluding hydrogens is 236 g/mol. The van der Waals surface area contributed by atoms with Crippen molar-refractivity contribution in [2.45, 2.75) is 38.9 Å². The van der Waals surface area contributed by atoms with Gasteiger partial charge in [0, 0.05) is 0 Å². The molecule has 0 fully saturated rings. The van der Waals surface area contributed by atoms with Crippen LogP contribution < -0.4 is 0 Å². The fourth-order valence-corrected chi connectivity index (χ4v) is 3.38. The Morgan fingerprint density at radius 2 is 1.47 bits per heavy atom. The Balaban J connectivity index is 2.31. The van der Waals surface area contributed by atoms with E-state index in [0.717, 1.165) is 16.7 Å². The molecule has 1 heterocycles. The average Bonchev–Trinajstić information content (AvgIpc) is 2.58. The molecule has 0 aromatic heterocycles. The number of carbonyl (C=O) groups excluding carboxylic acids is 1. The number of ketones is 1. The summed E-state index contributed by atoms with van der Waals surface area (Å²) < 4.78 is 6.43. The molecule has 1 aromatic carbocycles. The van der Waals surface area contributed by atoms with Gasteiger partial charge in [0.25, 0.3) is 0 Å². The first kappa shape index (κ1) is 12.4. The second-order valence-electron chi connectivity index (χ2n) is 5.90. The Hall–Kier alpha value is -1.67. The summed E-state index contributed by atoms with van der Waals surface area (Å²) in [6.45, 7) is 8.12. The van der Waals surface area contributed by atoms with Gasteiger partial charge in [-0.25, -0.2) is 0 Å². The maximum atomic E-state index is 11.7. The lowest BCUT2D eigenvalue weighted by Crippen LogP contribution is -2.34. The lowest BCUT2D eigenvalue weighted by Gasteiger charge is -2.36. The molecule has 0 amide bonds. The van der Waals surface area contributed by atoms with Crippen LogP contribution in [0.4, 0.5) is 0 Å². The highest BCUT2D eigenvalue weighted by Crippen LogP contribution is 2.54. The van der Waals surface area contributed by atoms with Crippen LogP contribution in [-0.2, 0) is 20.7 Å². The monoisotopic (exact) mass is 254 g/mol. The normalized spacial score (nSPS) is 23.1. The standard InChI is InChI=1S/C17H18O2/c1-11-9-13(18)10-12(2)17(11)15-8-6-5-7-14(15)16(3,4)19-17/h5-10H,1-4H3. The number of carbonyl (C=O) groups is 1. The molecule has 2 heteroatoms. The van der Waals surface area contributed by atoms with E-state index in [0.29, 0.717) is 0 Å². The number of hydrogen-bond donors (Lipinski definition) is 0. The van der Waals surface area contributed by atoms with Crippen LogP contribution in [0.5, 0.6) is 0 Å². The minimum Gasteiger partial charge on any atom is -0.351 e. The molecule has 19 heavy (non-hydrogen) atoms. The van der Waals surface area contributed by atoms with E-state index >= 15 is 0 Å². The zero-order valence-electron chi connectivity index (χ0n) is 11.8. The van der Waals surface area contributed by atoms with Gasteiger partial charge in [-0.15, -0.1) is 0 Å². The van der Waals surface area contributed by atoms with Gasteiger partial charge in [-0.3, -0.25) is 4.79 Å². The molecule has 1 aromatic rings. The summed E-state index contributed by atoms with van der Waals surface area (Å²) >= 11 is 0. The van der Waals surface area contributed by atoms with Crippen LogP contribution in [0.3, 0.4) is 0 Å². The van der Waals surface area contributed by atoms with Gasteiger partial charge in [-0.05, 0) is 62.1 Å². The lowest BCUT2D eigenvalue weighted by atomic mass is 9.76. The van der Waals surface area contributed by atoms with Crippen LogP contribution >= 0.6 is 0 Å². The van der Waals surface area contributed by atoms with Crippen LogP contribution in [0.1, 0.15) is 38.8 Å². The highest BCUT2D eigenvalue weighted by atomic mass is 16.5. The van der Waals surface area contributed by atoms with Crippen molar-refractivity contribution in [3.05, 3.63) is 58.7 Å². The molecule has 3 rings (SSSR count). The van der Waals surface area contributed by atoms with Crippen molar-refractivity contribution in [1.29, 1.82) is 0 Å². The molecular formula is C17H18O2. The van der Waals surface area contributed by atoms with E-state index < -0.39 is 5.60 Å². The van der Waals surface area contributed by atoms with Crippen molar-refractivity contribution in [3.8, 4) is 0 Å². The summed E-state index contributed by atoms with van der Waals surface area (Å²) in [6, 6.07) is 8.28. The Kier molecular flexibility index (Phi) is 2.39. The first-order valence-corrected chi connectivity index (χ1v) is 6.59. The maximum Gasteiger partial charge on any atom is 0.178 e. The highest BCUT2D eigenvalue weighted by Gasteiger charge is 2.51. The first-order valence-electron chi connectivity index (χ1n) is 6.59. The molecule has 0 bridgehead atoms. The number of rotatable bonds is 0. The van der Waals surface area contributed by atoms with Crippen molar-refractivity contribution in [2.24, 2.45) is 0 Å². The summed E-state index contributed by atoms with van der Waals surface area (Å²) in [5.41, 5.74) is 3.39. The fourth-order valence-electron chi connectivity index (χ4n) is 3.38. The summed E-state index contributed by atoms with van der Waals surface area (Å²) in [6.07, 6.45) is 3.37. The Morgan fingerprint density at radius 3 is 2.05 bits per heavy atom. The molecule has 0 radical (unpaired) electrons. The zero-order chi connectivity index (χ0) is 13.8. The Morgan fingerprint density at radius 1 is 0.947 bits per heavy atom. The molecule has 0 unspecified atom stereocenters. The minimum atomic E-state index is -0.562. The van der Waals surface area contributed by atoms with E-state index in [2.05, 4.69) is 26.0 Å². The van der Waals surface area contributed by atoms with Crippen LogP contribution in [0.15, 0.2) is 47.6 Å². The largest absolute Gasteiger partial charge is 0.351 e. The summed E-state index contributed by atoms with van der Waals surface area (Å²) in [4.78, 5) is 11.7. The van der Waals surface area contributed by atoms with Gasteiger partial charge in [-0.1, -0.05) is 24.3 Å². The molecule has 0 saturated carbocycles. The van der Waals surface area contributed by atoms with Crippen molar-refractivity contribution in [3.63, 3.8) is 0 Å². The summed E-state index contributed by atoms with van der Waals surface area (Å²) in [5.74, 6) is 0.0476. The number of hydrogen-bond acceptors (Lipinski definition) is 2. The number of ether oxygens (including phenoxy) is 1. The van der Waals surface area contributed by atoms with Gasteiger partial charge in [0.2, 0.25) is 0 Å². The van der Waals surface area contributed by atoms with Gasteiger partial charge < -0.3 is 4.74 Å². The van der Waals surface area contributed by atoms with E-state index in [1.165, 1.54) is 5.56 Å². The third-order valence-electron chi connectivity index (χ3n) is 4.19. The first-order chi connectivity index (χ1) is 8.88. The Bertz CT molecular complexity index is 610. The minimum absolute atomic E-state index is 0.0476. The van der Waals surface area contributed by atoms with Crippen molar-refractivity contribution in [1.82, 2.24) is 0 Å². The molecule has 0 atom stereocenters. The lowest BCUT2D eigenvalue weighted by molar-refractivity contribution is -0.113. The van der Waals surface area contributed by atoms with E-state index in [-0.39, 0.29) is 11.4 Å². The molecule has 1 aliphatic carbocycles. The average molecular weight is 254 g/mol. The van der Waals surface area contributed by atoms with Crippen molar-refractivity contribution in [2.75, 3.05) is 0 Å². The van der Waals surface area contributed by atoms with Crippen LogP contribution in [-0.4, -0.2) is 5.78 Å². The van der Waals surface area contributed by atoms with Crippen molar-refractivity contribution < 1.29 is 9.53 Å². The maximum absolute atomic E-state index is 11.7. The Labute approximate surface area is 113 Å². The van der Waals surface area contributed by atoms with Gasteiger partial charge in [0.05, 0.1) is 5.60 Å². The molecule has 2 nitrogen and oxygen atoms in total. The van der Waals surface area contributed by atoms with E-state index in [4.69, 9.17) is 4.74 Å². The van der Waals surface area contributed by atoms with Gasteiger partial charge >= 0.3 is 0 Å². The summed E-state index contributed by atoms with van der Waals surface area (Å²) in [7, 11) is 0. The van der Waals surface area contributed by atoms with E-state index in [1.54, 1.807) is 12.2 Å². The van der Waals surface area contributed by atoms with Gasteiger partial charge in [0.1, 0.15) is 5.60 Å². The molecule has 2 aliphatic rings. The van der Waals surface area contributed by atoms with Crippen LogP contribution in [0.25, 0.3) is 0 Å². The molecule has 0 saturated heterocycles. The third kappa shape index (κ3) is 1.50.